The van der Waals surface area contributed by atoms with Gasteiger partial charge in [-0.15, -0.1) is 0 Å². The molecule has 0 aromatic heterocycles. The van der Waals surface area contributed by atoms with Crippen LogP contribution in [0.1, 0.15) is 20.3 Å². The van der Waals surface area contributed by atoms with Crippen LogP contribution in [-0.4, -0.2) is 48.1 Å². The lowest BCUT2D eigenvalue weighted by molar-refractivity contribution is -0.145. The van der Waals surface area contributed by atoms with E-state index in [0.717, 1.165) is 18.8 Å². The Morgan fingerprint density at radius 2 is 2.29 bits per heavy atom. The van der Waals surface area contributed by atoms with Crippen LogP contribution in [0.2, 0.25) is 0 Å². The molecule has 0 saturated carbocycles. The molecule has 0 aliphatic carbocycles. The van der Waals surface area contributed by atoms with Gasteiger partial charge in [0.05, 0.1) is 12.2 Å². The summed E-state index contributed by atoms with van der Waals surface area (Å²) < 4.78 is 5.55. The molecule has 0 aromatic rings. The van der Waals surface area contributed by atoms with Crippen molar-refractivity contribution in [3.8, 4) is 0 Å². The predicted octanol–water partition coefficient (Wildman–Crippen LogP) is 1.38. The van der Waals surface area contributed by atoms with Gasteiger partial charge in [0.15, 0.2) is 0 Å². The fraction of sp³-hybridized carbons (Fsp3) is 0.900. The third-order valence-electron chi connectivity index (χ3n) is 2.30. The number of hydrogen-bond donors (Lipinski definition) is 0. The van der Waals surface area contributed by atoms with E-state index < -0.39 is 0 Å². The van der Waals surface area contributed by atoms with Crippen LogP contribution in [0.25, 0.3) is 0 Å². The topological polar surface area (TPSA) is 29.5 Å². The predicted molar refractivity (Wildman–Crippen MR) is 59.6 cm³/mol. The van der Waals surface area contributed by atoms with E-state index in [4.69, 9.17) is 4.74 Å². The molecule has 0 bridgehead atoms. The van der Waals surface area contributed by atoms with Gasteiger partial charge >= 0.3 is 0 Å². The molecule has 1 aliphatic heterocycles. The molecule has 3 nitrogen and oxygen atoms in total. The number of ether oxygens (including phenoxy) is 1. The fourth-order valence-corrected chi connectivity index (χ4v) is 1.96. The average Bonchev–Trinajstić information content (AvgIpc) is 2.12. The minimum absolute atomic E-state index is 0.173. The van der Waals surface area contributed by atoms with Crippen LogP contribution in [0.3, 0.4) is 0 Å². The molecule has 0 unspecified atom stereocenters. The molecule has 1 heterocycles. The van der Waals surface area contributed by atoms with Gasteiger partial charge in [-0.05, 0) is 20.1 Å². The Kier molecular flexibility index (Phi) is 4.26. The summed E-state index contributed by atoms with van der Waals surface area (Å²) in [6, 6.07) is 0. The lowest BCUT2D eigenvalue weighted by Gasteiger charge is -2.38. The average molecular weight is 217 g/mol. The molecule has 1 aliphatic rings. The fourth-order valence-electron chi connectivity index (χ4n) is 1.58. The third kappa shape index (κ3) is 3.50. The molecular weight excluding hydrogens is 198 g/mol. The van der Waals surface area contributed by atoms with Gasteiger partial charge in [-0.25, -0.2) is 0 Å². The summed E-state index contributed by atoms with van der Waals surface area (Å²) in [5, 5.41) is 0. The first-order chi connectivity index (χ1) is 6.55. The van der Waals surface area contributed by atoms with Crippen LogP contribution < -0.4 is 0 Å². The van der Waals surface area contributed by atoms with Gasteiger partial charge in [0.1, 0.15) is 0 Å². The van der Waals surface area contributed by atoms with Gasteiger partial charge in [0, 0.05) is 25.3 Å². The molecule has 1 saturated heterocycles. The molecule has 4 heteroatoms. The lowest BCUT2D eigenvalue weighted by atomic mass is 10.1. The van der Waals surface area contributed by atoms with Crippen LogP contribution in [-0.2, 0) is 9.53 Å². The van der Waals surface area contributed by atoms with E-state index in [2.05, 4.69) is 0 Å². The van der Waals surface area contributed by atoms with E-state index >= 15 is 0 Å². The minimum Gasteiger partial charge on any atom is -0.372 e. The molecule has 1 amide bonds. The molecule has 0 aromatic carbocycles. The number of carbonyl (C=O) groups excluding carboxylic acids is 1. The van der Waals surface area contributed by atoms with Gasteiger partial charge in [0.25, 0.3) is 0 Å². The van der Waals surface area contributed by atoms with Crippen LogP contribution >= 0.6 is 11.8 Å². The number of thioether (sulfide) groups is 1. The second-order valence-electron chi connectivity index (χ2n) is 4.17. The molecule has 1 rings (SSSR count). The van der Waals surface area contributed by atoms with Crippen LogP contribution in [0.15, 0.2) is 0 Å². The number of morpholine rings is 1. The molecular formula is C10H19NO2S. The van der Waals surface area contributed by atoms with Crippen molar-refractivity contribution in [3.05, 3.63) is 0 Å². The zero-order chi connectivity index (χ0) is 10.6. The van der Waals surface area contributed by atoms with Crippen molar-refractivity contribution >= 4 is 17.7 Å². The van der Waals surface area contributed by atoms with Gasteiger partial charge in [-0.3, -0.25) is 4.79 Å². The van der Waals surface area contributed by atoms with Crippen molar-refractivity contribution in [1.29, 1.82) is 0 Å². The van der Waals surface area contributed by atoms with Crippen LogP contribution in [0, 0.1) is 0 Å². The summed E-state index contributed by atoms with van der Waals surface area (Å²) in [5.41, 5.74) is -0.173. The molecule has 14 heavy (non-hydrogen) atoms. The highest BCUT2D eigenvalue weighted by molar-refractivity contribution is 7.98. The Balaban J connectivity index is 2.40. The van der Waals surface area contributed by atoms with Gasteiger partial charge in [-0.1, -0.05) is 0 Å². The second-order valence-corrected chi connectivity index (χ2v) is 5.15. The summed E-state index contributed by atoms with van der Waals surface area (Å²) in [4.78, 5) is 13.6. The zero-order valence-electron chi connectivity index (χ0n) is 9.21. The summed E-state index contributed by atoms with van der Waals surface area (Å²) in [6.45, 7) is 6.19. The lowest BCUT2D eigenvalue weighted by Crippen LogP contribution is -2.50. The molecule has 0 spiro atoms. The largest absolute Gasteiger partial charge is 0.372 e. The summed E-state index contributed by atoms with van der Waals surface area (Å²) in [7, 11) is 0. The maximum Gasteiger partial charge on any atom is 0.223 e. The molecule has 0 N–H and O–H groups in total. The highest BCUT2D eigenvalue weighted by Crippen LogP contribution is 2.17. The summed E-state index contributed by atoms with van der Waals surface area (Å²) >= 11 is 1.72. The number of hydrogen-bond acceptors (Lipinski definition) is 3. The first-order valence-corrected chi connectivity index (χ1v) is 6.35. The van der Waals surface area contributed by atoms with Gasteiger partial charge in [0.2, 0.25) is 5.91 Å². The molecule has 0 atom stereocenters. The van der Waals surface area contributed by atoms with Crippen LogP contribution in [0.5, 0.6) is 0 Å². The number of nitrogens with zero attached hydrogens (tertiary/aromatic N) is 1. The van der Waals surface area contributed by atoms with Crippen molar-refractivity contribution in [1.82, 2.24) is 4.90 Å². The first-order valence-electron chi connectivity index (χ1n) is 4.96. The van der Waals surface area contributed by atoms with Crippen molar-refractivity contribution in [2.75, 3.05) is 31.7 Å². The number of rotatable bonds is 3. The smallest absolute Gasteiger partial charge is 0.223 e. The third-order valence-corrected chi connectivity index (χ3v) is 2.91. The van der Waals surface area contributed by atoms with Crippen molar-refractivity contribution in [2.45, 2.75) is 25.9 Å². The van der Waals surface area contributed by atoms with Crippen molar-refractivity contribution < 1.29 is 9.53 Å². The Hall–Kier alpha value is -0.220. The standard InChI is InChI=1S/C10H19NO2S/c1-10(2)8-11(5-6-13-10)9(12)4-7-14-3/h4-8H2,1-3H3. The highest BCUT2D eigenvalue weighted by Gasteiger charge is 2.29. The van der Waals surface area contributed by atoms with E-state index in [1.807, 2.05) is 25.0 Å². The zero-order valence-corrected chi connectivity index (χ0v) is 10.0. The summed E-state index contributed by atoms with van der Waals surface area (Å²) in [6.07, 6.45) is 2.67. The minimum atomic E-state index is -0.173. The Morgan fingerprint density at radius 3 is 2.86 bits per heavy atom. The number of amides is 1. The SMILES string of the molecule is CSCCC(=O)N1CCOC(C)(C)C1. The maximum atomic E-state index is 11.7. The van der Waals surface area contributed by atoms with Gasteiger partial charge in [-0.2, -0.15) is 11.8 Å². The Morgan fingerprint density at radius 1 is 1.57 bits per heavy atom. The normalized spacial score (nSPS) is 20.9. The van der Waals surface area contributed by atoms with Crippen molar-refractivity contribution in [3.63, 3.8) is 0 Å². The van der Waals surface area contributed by atoms with E-state index in [9.17, 15) is 4.79 Å². The molecule has 1 fully saturated rings. The number of carbonyl (C=O) groups is 1. The van der Waals surface area contributed by atoms with E-state index in [1.165, 1.54) is 0 Å². The van der Waals surface area contributed by atoms with Gasteiger partial charge < -0.3 is 9.64 Å². The Labute approximate surface area is 90.2 Å². The van der Waals surface area contributed by atoms with E-state index in [1.54, 1.807) is 11.8 Å². The first kappa shape index (κ1) is 11.9. The molecule has 0 radical (unpaired) electrons. The van der Waals surface area contributed by atoms with E-state index in [-0.39, 0.29) is 11.5 Å². The summed E-state index contributed by atoms with van der Waals surface area (Å²) in [5.74, 6) is 1.17. The van der Waals surface area contributed by atoms with E-state index in [0.29, 0.717) is 13.0 Å². The quantitative estimate of drug-likeness (QED) is 0.715. The second kappa shape index (κ2) is 5.03. The molecule has 82 valence electrons. The van der Waals surface area contributed by atoms with Crippen LogP contribution in [0.4, 0.5) is 0 Å². The maximum absolute atomic E-state index is 11.7. The van der Waals surface area contributed by atoms with Crippen molar-refractivity contribution in [2.24, 2.45) is 0 Å². The monoisotopic (exact) mass is 217 g/mol. The highest BCUT2D eigenvalue weighted by atomic mass is 32.2. The Bertz CT molecular complexity index is 206.